The summed E-state index contributed by atoms with van der Waals surface area (Å²) in [5, 5.41) is 2.42. The average molecular weight is 353 g/mol. The van der Waals surface area contributed by atoms with E-state index >= 15 is 0 Å². The van der Waals surface area contributed by atoms with Crippen LogP contribution < -0.4 is 0 Å². The van der Waals surface area contributed by atoms with Crippen molar-refractivity contribution in [1.29, 1.82) is 0 Å². The van der Waals surface area contributed by atoms with Gasteiger partial charge in [0, 0.05) is 11.7 Å². The zero-order valence-corrected chi connectivity index (χ0v) is 15.7. The Morgan fingerprint density at radius 1 is 0.708 bits per heavy atom. The zero-order valence-electron chi connectivity index (χ0n) is 14.0. The highest BCUT2D eigenvalue weighted by Gasteiger charge is 2.28. The van der Waals surface area contributed by atoms with Crippen molar-refractivity contribution >= 4 is 29.1 Å². The summed E-state index contributed by atoms with van der Waals surface area (Å²) in [5.41, 5.74) is 7.38. The maximum absolute atomic E-state index is 2.42. The van der Waals surface area contributed by atoms with Crippen LogP contribution in [0.5, 0.6) is 0 Å². The number of rotatable bonds is 0. The Bertz CT molecular complexity index is 683. The van der Waals surface area contributed by atoms with E-state index < -0.39 is 0 Å². The second kappa shape index (κ2) is 7.84. The molecular weight excluding hydrogens is 328 g/mol. The van der Waals surface area contributed by atoms with E-state index in [1.807, 2.05) is 11.8 Å². The van der Waals surface area contributed by atoms with E-state index in [-0.39, 0.29) is 0 Å². The molecule has 0 unspecified atom stereocenters. The lowest BCUT2D eigenvalue weighted by molar-refractivity contribution is 0.711. The molecule has 2 bridgehead atoms. The molecular formula is C22H24S2. The van der Waals surface area contributed by atoms with Gasteiger partial charge in [0.05, 0.1) is 0 Å². The van der Waals surface area contributed by atoms with Crippen LogP contribution in [0.4, 0.5) is 0 Å². The van der Waals surface area contributed by atoms with Gasteiger partial charge < -0.3 is 0 Å². The summed E-state index contributed by atoms with van der Waals surface area (Å²) in [7, 11) is 0. The molecule has 0 amide bonds. The van der Waals surface area contributed by atoms with Gasteiger partial charge in [-0.1, -0.05) is 61.4 Å². The van der Waals surface area contributed by atoms with Gasteiger partial charge in [0.15, 0.2) is 0 Å². The molecule has 4 rings (SSSR count). The predicted molar refractivity (Wildman–Crippen MR) is 110 cm³/mol. The monoisotopic (exact) mass is 352 g/mol. The SMILES string of the molecule is C1=C2c3ccccc3C(CSCCCCCCS1)c1ccccc12. The number of hydrogen-bond donors (Lipinski definition) is 0. The summed E-state index contributed by atoms with van der Waals surface area (Å²) >= 11 is 4.14. The summed E-state index contributed by atoms with van der Waals surface area (Å²) in [4.78, 5) is 0. The number of hydrogen-bond acceptors (Lipinski definition) is 2. The van der Waals surface area contributed by atoms with Gasteiger partial charge in [-0.05, 0) is 57.6 Å². The second-order valence-electron chi connectivity index (χ2n) is 6.62. The maximum atomic E-state index is 2.42. The Balaban J connectivity index is 1.82. The Hall–Kier alpha value is -1.12. The van der Waals surface area contributed by atoms with Crippen molar-refractivity contribution in [3.05, 3.63) is 76.2 Å². The first-order valence-corrected chi connectivity index (χ1v) is 11.2. The smallest absolute Gasteiger partial charge is 0.0192 e. The fourth-order valence-electron chi connectivity index (χ4n) is 3.80. The molecule has 2 aliphatic rings. The van der Waals surface area contributed by atoms with Crippen molar-refractivity contribution in [3.8, 4) is 0 Å². The molecule has 0 spiro atoms. The van der Waals surface area contributed by atoms with Gasteiger partial charge in [-0.3, -0.25) is 0 Å². The number of benzene rings is 2. The van der Waals surface area contributed by atoms with Gasteiger partial charge in [-0.25, -0.2) is 0 Å². The zero-order chi connectivity index (χ0) is 16.2. The third-order valence-electron chi connectivity index (χ3n) is 5.04. The molecule has 0 N–H and O–H groups in total. The highest BCUT2D eigenvalue weighted by atomic mass is 32.2. The predicted octanol–water partition coefficient (Wildman–Crippen LogP) is 6.56. The van der Waals surface area contributed by atoms with E-state index in [1.165, 1.54) is 70.8 Å². The van der Waals surface area contributed by atoms with Crippen LogP contribution in [0.25, 0.3) is 5.57 Å². The molecule has 0 nitrogen and oxygen atoms in total. The highest BCUT2D eigenvalue weighted by molar-refractivity contribution is 8.02. The minimum Gasteiger partial charge on any atom is -0.161 e. The molecule has 2 aromatic rings. The minimum absolute atomic E-state index is 0.535. The molecule has 1 heterocycles. The molecule has 0 fully saturated rings. The van der Waals surface area contributed by atoms with Crippen LogP contribution >= 0.6 is 23.5 Å². The lowest BCUT2D eigenvalue weighted by atomic mass is 9.77. The fourth-order valence-corrected chi connectivity index (χ4v) is 5.88. The molecule has 124 valence electrons. The van der Waals surface area contributed by atoms with E-state index in [9.17, 15) is 0 Å². The minimum atomic E-state index is 0.535. The molecule has 2 heteroatoms. The van der Waals surface area contributed by atoms with E-state index in [1.54, 1.807) is 0 Å². The lowest BCUT2D eigenvalue weighted by Crippen LogP contribution is -2.15. The Labute approximate surface area is 154 Å². The standard InChI is InChI=1S/C22H24S2/c1-2-8-14-24-16-22-19-11-5-3-9-17(19)21(15-23-13-7-1)18-10-4-6-12-20(18)22/h3-6,9-12,15,22H,1-2,7-8,13-14,16H2. The molecule has 0 saturated carbocycles. The fraction of sp³-hybridized carbons (Fsp3) is 0.364. The molecule has 0 atom stereocenters. The van der Waals surface area contributed by atoms with Gasteiger partial charge in [0.25, 0.3) is 0 Å². The van der Waals surface area contributed by atoms with Crippen LogP contribution in [-0.4, -0.2) is 17.3 Å². The molecule has 0 aromatic heterocycles. The van der Waals surface area contributed by atoms with Crippen LogP contribution in [0, 0.1) is 0 Å². The van der Waals surface area contributed by atoms with Crippen LogP contribution in [-0.2, 0) is 0 Å². The first kappa shape index (κ1) is 16.4. The average Bonchev–Trinajstić information content (AvgIpc) is 2.64. The number of fused-ring (bicyclic) bond motifs is 3. The van der Waals surface area contributed by atoms with Gasteiger partial charge in [0.1, 0.15) is 0 Å². The van der Waals surface area contributed by atoms with Crippen molar-refractivity contribution in [2.75, 3.05) is 17.3 Å². The van der Waals surface area contributed by atoms with Crippen LogP contribution in [0.15, 0.2) is 53.9 Å². The van der Waals surface area contributed by atoms with E-state index in [2.05, 4.69) is 65.7 Å². The van der Waals surface area contributed by atoms with Crippen molar-refractivity contribution in [2.45, 2.75) is 31.6 Å². The van der Waals surface area contributed by atoms with Gasteiger partial charge in [0.2, 0.25) is 0 Å². The third kappa shape index (κ3) is 3.32. The van der Waals surface area contributed by atoms with Crippen molar-refractivity contribution in [1.82, 2.24) is 0 Å². The molecule has 24 heavy (non-hydrogen) atoms. The first-order chi connectivity index (χ1) is 11.9. The Kier molecular flexibility index (Phi) is 5.34. The van der Waals surface area contributed by atoms with Gasteiger partial charge in [-0.2, -0.15) is 11.8 Å². The summed E-state index contributed by atoms with van der Waals surface area (Å²) in [6, 6.07) is 18.1. The normalized spacial score (nSPS) is 21.3. The summed E-state index contributed by atoms with van der Waals surface area (Å²) in [6.07, 6.45) is 5.48. The maximum Gasteiger partial charge on any atom is 0.0192 e. The van der Waals surface area contributed by atoms with E-state index in [4.69, 9.17) is 0 Å². The van der Waals surface area contributed by atoms with Gasteiger partial charge >= 0.3 is 0 Å². The van der Waals surface area contributed by atoms with Crippen LogP contribution in [0.2, 0.25) is 0 Å². The second-order valence-corrected chi connectivity index (χ2v) is 8.75. The molecule has 1 aliphatic carbocycles. The van der Waals surface area contributed by atoms with Crippen molar-refractivity contribution in [2.24, 2.45) is 0 Å². The molecule has 0 saturated heterocycles. The lowest BCUT2D eigenvalue weighted by Gasteiger charge is -2.30. The van der Waals surface area contributed by atoms with Crippen LogP contribution in [0.1, 0.15) is 53.9 Å². The molecule has 2 aromatic carbocycles. The largest absolute Gasteiger partial charge is 0.161 e. The molecule has 1 aliphatic heterocycles. The first-order valence-electron chi connectivity index (χ1n) is 9.03. The Morgan fingerprint density at radius 3 is 2.04 bits per heavy atom. The summed E-state index contributed by atoms with van der Waals surface area (Å²) in [6.45, 7) is 0. The number of thioether (sulfide) groups is 2. The van der Waals surface area contributed by atoms with Crippen LogP contribution in [0.3, 0.4) is 0 Å². The van der Waals surface area contributed by atoms with E-state index in [0.717, 1.165) is 0 Å². The van der Waals surface area contributed by atoms with Gasteiger partial charge in [-0.15, -0.1) is 11.8 Å². The van der Waals surface area contributed by atoms with Crippen molar-refractivity contribution < 1.29 is 0 Å². The van der Waals surface area contributed by atoms with E-state index in [0.29, 0.717) is 5.92 Å². The quantitative estimate of drug-likeness (QED) is 0.526. The highest BCUT2D eigenvalue weighted by Crippen LogP contribution is 2.44. The Morgan fingerprint density at radius 2 is 1.33 bits per heavy atom. The van der Waals surface area contributed by atoms with Crippen molar-refractivity contribution in [3.63, 3.8) is 0 Å². The summed E-state index contributed by atoms with van der Waals surface area (Å²) < 4.78 is 0. The summed E-state index contributed by atoms with van der Waals surface area (Å²) in [5.74, 6) is 4.28. The molecule has 0 radical (unpaired) electrons. The third-order valence-corrected chi connectivity index (χ3v) is 7.11. The topological polar surface area (TPSA) is 0 Å².